The fourth-order valence-electron chi connectivity index (χ4n) is 3.35. The number of carbonyl (C=O) groups is 2. The molecule has 1 unspecified atom stereocenters. The molecule has 0 saturated heterocycles. The number of aromatic amines is 2. The van der Waals surface area contributed by atoms with Gasteiger partial charge in [0.1, 0.15) is 0 Å². The molecule has 0 aliphatic carbocycles. The van der Waals surface area contributed by atoms with Crippen LogP contribution in [-0.4, -0.2) is 33.6 Å². The summed E-state index contributed by atoms with van der Waals surface area (Å²) in [5.41, 5.74) is 2.75. The number of benzene rings is 2. The van der Waals surface area contributed by atoms with Crippen LogP contribution in [-0.2, 0) is 0 Å². The van der Waals surface area contributed by atoms with Crippen molar-refractivity contribution in [3.05, 3.63) is 70.0 Å². The molecule has 29 heavy (non-hydrogen) atoms. The zero-order valence-electron chi connectivity index (χ0n) is 14.9. The van der Waals surface area contributed by atoms with E-state index in [1.165, 1.54) is 0 Å². The van der Waals surface area contributed by atoms with E-state index in [2.05, 4.69) is 20.6 Å². The SMILES string of the molecule is O=C(O)NCC(NC(=O)c1c[nH]c2ccc(Cl)cc12)c1c[nH]c2ccc(Cl)cc12. The van der Waals surface area contributed by atoms with Gasteiger partial charge in [0.25, 0.3) is 5.91 Å². The Bertz CT molecular complexity index is 1230. The minimum atomic E-state index is -1.18. The van der Waals surface area contributed by atoms with Crippen LogP contribution in [0, 0.1) is 0 Å². The minimum Gasteiger partial charge on any atom is -0.465 e. The molecule has 2 heterocycles. The highest BCUT2D eigenvalue weighted by atomic mass is 35.5. The lowest BCUT2D eigenvalue weighted by Gasteiger charge is -2.18. The van der Waals surface area contributed by atoms with Crippen molar-refractivity contribution in [2.75, 3.05) is 6.54 Å². The molecule has 0 fully saturated rings. The summed E-state index contributed by atoms with van der Waals surface area (Å²) in [7, 11) is 0. The predicted octanol–water partition coefficient (Wildman–Crippen LogP) is 4.69. The smallest absolute Gasteiger partial charge is 0.404 e. The van der Waals surface area contributed by atoms with Crippen LogP contribution < -0.4 is 10.6 Å². The van der Waals surface area contributed by atoms with Gasteiger partial charge in [-0.3, -0.25) is 4.79 Å². The van der Waals surface area contributed by atoms with E-state index >= 15 is 0 Å². The maximum atomic E-state index is 13.0. The molecule has 1 atom stereocenters. The lowest BCUT2D eigenvalue weighted by atomic mass is 10.0. The largest absolute Gasteiger partial charge is 0.465 e. The van der Waals surface area contributed by atoms with E-state index in [0.717, 1.165) is 22.0 Å². The summed E-state index contributed by atoms with van der Waals surface area (Å²) in [6, 6.07) is 9.97. The third kappa shape index (κ3) is 3.87. The Hall–Kier alpha value is -3.16. The number of hydrogen-bond donors (Lipinski definition) is 5. The summed E-state index contributed by atoms with van der Waals surface area (Å²) >= 11 is 12.2. The van der Waals surface area contributed by atoms with Crippen molar-refractivity contribution in [3.8, 4) is 0 Å². The Morgan fingerprint density at radius 2 is 1.59 bits per heavy atom. The topological polar surface area (TPSA) is 110 Å². The van der Waals surface area contributed by atoms with Crippen molar-refractivity contribution in [1.82, 2.24) is 20.6 Å². The second-order valence-corrected chi connectivity index (χ2v) is 7.41. The second-order valence-electron chi connectivity index (χ2n) is 6.54. The standard InChI is InChI=1S/C20H16Cl2N4O3/c21-10-1-3-16-12(5-10)14(7-23-16)18(9-25-20(28)29)26-19(27)15-8-24-17-4-2-11(22)6-13(15)17/h1-8,18,23-25H,9H2,(H,26,27)(H,28,29). The number of fused-ring (bicyclic) bond motifs is 2. The number of halogens is 2. The molecule has 0 bridgehead atoms. The van der Waals surface area contributed by atoms with Crippen LogP contribution in [0.25, 0.3) is 21.8 Å². The summed E-state index contributed by atoms with van der Waals surface area (Å²) in [5, 5.41) is 16.8. The molecule has 4 rings (SSSR count). The van der Waals surface area contributed by atoms with E-state index in [4.69, 9.17) is 28.3 Å². The third-order valence-corrected chi connectivity index (χ3v) is 5.17. The average Bonchev–Trinajstić information content (AvgIpc) is 3.28. The van der Waals surface area contributed by atoms with Crippen molar-refractivity contribution >= 4 is 57.0 Å². The van der Waals surface area contributed by atoms with Gasteiger partial charge in [0.05, 0.1) is 11.6 Å². The van der Waals surface area contributed by atoms with Crippen LogP contribution in [0.4, 0.5) is 4.79 Å². The molecule has 9 heteroatoms. The molecular formula is C20H16Cl2N4O3. The van der Waals surface area contributed by atoms with Crippen molar-refractivity contribution in [2.45, 2.75) is 6.04 Å². The molecule has 2 aromatic heterocycles. The van der Waals surface area contributed by atoms with E-state index in [0.29, 0.717) is 21.0 Å². The summed E-state index contributed by atoms with van der Waals surface area (Å²) in [5.74, 6) is -0.355. The maximum absolute atomic E-state index is 13.0. The average molecular weight is 431 g/mol. The van der Waals surface area contributed by atoms with Crippen LogP contribution in [0.15, 0.2) is 48.8 Å². The molecule has 0 spiro atoms. The molecule has 0 radical (unpaired) electrons. The lowest BCUT2D eigenvalue weighted by molar-refractivity contribution is 0.0937. The van der Waals surface area contributed by atoms with Gasteiger partial charge in [-0.2, -0.15) is 0 Å². The van der Waals surface area contributed by atoms with E-state index < -0.39 is 12.1 Å². The molecule has 0 aliphatic rings. The number of rotatable bonds is 5. The van der Waals surface area contributed by atoms with Crippen molar-refractivity contribution in [2.24, 2.45) is 0 Å². The van der Waals surface area contributed by atoms with Crippen LogP contribution in [0.3, 0.4) is 0 Å². The van der Waals surface area contributed by atoms with Gasteiger partial charge < -0.3 is 25.7 Å². The first-order valence-electron chi connectivity index (χ1n) is 8.73. The molecule has 148 valence electrons. The Labute approximate surface area is 175 Å². The molecule has 2 amide bonds. The highest BCUT2D eigenvalue weighted by molar-refractivity contribution is 6.31. The first kappa shape index (κ1) is 19.2. The number of carboxylic acid groups (broad SMARTS) is 1. The normalized spacial score (nSPS) is 12.2. The first-order chi connectivity index (χ1) is 13.9. The minimum absolute atomic E-state index is 0.0103. The monoisotopic (exact) mass is 430 g/mol. The van der Waals surface area contributed by atoms with Crippen LogP contribution in [0.1, 0.15) is 22.0 Å². The molecule has 0 aliphatic heterocycles. The van der Waals surface area contributed by atoms with Crippen molar-refractivity contribution in [3.63, 3.8) is 0 Å². The Kier molecular flexibility index (Phi) is 5.08. The summed E-state index contributed by atoms with van der Waals surface area (Å²) in [6.45, 7) is -0.0103. The van der Waals surface area contributed by atoms with Crippen LogP contribution >= 0.6 is 23.2 Å². The van der Waals surface area contributed by atoms with E-state index in [9.17, 15) is 9.59 Å². The van der Waals surface area contributed by atoms with Gasteiger partial charge in [0.2, 0.25) is 0 Å². The molecule has 5 N–H and O–H groups in total. The number of carbonyl (C=O) groups excluding carboxylic acids is 1. The Balaban J connectivity index is 1.69. The molecule has 0 saturated carbocycles. The number of hydrogen-bond acceptors (Lipinski definition) is 2. The van der Waals surface area contributed by atoms with Gasteiger partial charge in [-0.1, -0.05) is 23.2 Å². The fourth-order valence-corrected chi connectivity index (χ4v) is 3.69. The second kappa shape index (κ2) is 7.69. The summed E-state index contributed by atoms with van der Waals surface area (Å²) in [4.78, 5) is 30.2. The van der Waals surface area contributed by atoms with Crippen molar-refractivity contribution in [1.29, 1.82) is 0 Å². The van der Waals surface area contributed by atoms with Gasteiger partial charge in [-0.15, -0.1) is 0 Å². The maximum Gasteiger partial charge on any atom is 0.404 e. The van der Waals surface area contributed by atoms with E-state index in [-0.39, 0.29) is 12.5 Å². The summed E-state index contributed by atoms with van der Waals surface area (Å²) in [6.07, 6.45) is 2.16. The quantitative estimate of drug-likeness (QED) is 0.316. The number of H-pyrrole nitrogens is 2. The molecule has 2 aromatic carbocycles. The van der Waals surface area contributed by atoms with Gasteiger partial charge >= 0.3 is 6.09 Å². The predicted molar refractivity (Wildman–Crippen MR) is 113 cm³/mol. The molecule has 4 aromatic rings. The molecular weight excluding hydrogens is 415 g/mol. The number of aromatic nitrogens is 2. The highest BCUT2D eigenvalue weighted by Crippen LogP contribution is 2.28. The highest BCUT2D eigenvalue weighted by Gasteiger charge is 2.22. The zero-order valence-corrected chi connectivity index (χ0v) is 16.4. The van der Waals surface area contributed by atoms with Gasteiger partial charge in [0, 0.05) is 56.4 Å². The summed E-state index contributed by atoms with van der Waals surface area (Å²) < 4.78 is 0. The zero-order chi connectivity index (χ0) is 20.5. The van der Waals surface area contributed by atoms with Gasteiger partial charge in [-0.25, -0.2) is 4.79 Å². The van der Waals surface area contributed by atoms with Crippen molar-refractivity contribution < 1.29 is 14.7 Å². The first-order valence-corrected chi connectivity index (χ1v) is 9.49. The van der Waals surface area contributed by atoms with Gasteiger partial charge in [-0.05, 0) is 36.4 Å². The number of amides is 2. The number of nitrogens with one attached hydrogen (secondary N) is 4. The lowest BCUT2D eigenvalue weighted by Crippen LogP contribution is -2.37. The van der Waals surface area contributed by atoms with E-state index in [1.807, 2.05) is 6.07 Å². The Morgan fingerprint density at radius 3 is 2.28 bits per heavy atom. The van der Waals surface area contributed by atoms with Crippen LogP contribution in [0.5, 0.6) is 0 Å². The third-order valence-electron chi connectivity index (χ3n) is 4.70. The fraction of sp³-hybridized carbons (Fsp3) is 0.100. The Morgan fingerprint density at radius 1 is 0.966 bits per heavy atom. The van der Waals surface area contributed by atoms with E-state index in [1.54, 1.807) is 42.7 Å². The molecule has 7 nitrogen and oxygen atoms in total. The van der Waals surface area contributed by atoms with Gasteiger partial charge in [0.15, 0.2) is 0 Å². The van der Waals surface area contributed by atoms with Crippen LogP contribution in [0.2, 0.25) is 10.0 Å².